The highest BCUT2D eigenvalue weighted by Gasteiger charge is 2.32. The van der Waals surface area contributed by atoms with Gasteiger partial charge in [0.25, 0.3) is 0 Å². The molecule has 1 aromatic heterocycles. The number of carbonyl (C=O) groups is 2. The van der Waals surface area contributed by atoms with Gasteiger partial charge in [-0.1, -0.05) is 0 Å². The van der Waals surface area contributed by atoms with E-state index >= 15 is 0 Å². The summed E-state index contributed by atoms with van der Waals surface area (Å²) in [5, 5.41) is 0. The topological polar surface area (TPSA) is 57.0 Å². The Morgan fingerprint density at radius 1 is 1.27 bits per heavy atom. The van der Waals surface area contributed by atoms with Crippen LogP contribution in [0.15, 0.2) is 22.8 Å². The summed E-state index contributed by atoms with van der Waals surface area (Å²) in [5.74, 6) is 1.07. The lowest BCUT2D eigenvalue weighted by Gasteiger charge is -2.37. The van der Waals surface area contributed by atoms with E-state index in [0.29, 0.717) is 13.0 Å². The lowest BCUT2D eigenvalue weighted by atomic mass is 9.94. The van der Waals surface area contributed by atoms with Gasteiger partial charge in [0.2, 0.25) is 11.8 Å². The van der Waals surface area contributed by atoms with Crippen molar-refractivity contribution in [1.29, 1.82) is 0 Å². The van der Waals surface area contributed by atoms with Gasteiger partial charge in [-0.15, -0.1) is 0 Å². The SMILES string of the molecule is CN1CCC(C(=O)N2CCN(Cc3ccco3)CC2)CC1=O. The van der Waals surface area contributed by atoms with Gasteiger partial charge in [-0.2, -0.15) is 0 Å². The van der Waals surface area contributed by atoms with E-state index in [9.17, 15) is 9.59 Å². The van der Waals surface area contributed by atoms with Gasteiger partial charge in [-0.3, -0.25) is 14.5 Å². The molecule has 3 rings (SSSR count). The summed E-state index contributed by atoms with van der Waals surface area (Å²) in [6.07, 6.45) is 2.84. The summed E-state index contributed by atoms with van der Waals surface area (Å²) in [7, 11) is 1.80. The summed E-state index contributed by atoms with van der Waals surface area (Å²) in [6.45, 7) is 4.66. The predicted molar refractivity (Wildman–Crippen MR) is 80.9 cm³/mol. The molecular weight excluding hydrogens is 282 g/mol. The van der Waals surface area contributed by atoms with Crippen LogP contribution in [0.2, 0.25) is 0 Å². The minimum Gasteiger partial charge on any atom is -0.468 e. The van der Waals surface area contributed by atoms with Crippen molar-refractivity contribution >= 4 is 11.8 Å². The number of rotatable bonds is 3. The second-order valence-electron chi connectivity index (χ2n) is 6.19. The first-order chi connectivity index (χ1) is 10.6. The van der Waals surface area contributed by atoms with Crippen molar-refractivity contribution in [3.63, 3.8) is 0 Å². The van der Waals surface area contributed by atoms with Crippen molar-refractivity contribution in [3.8, 4) is 0 Å². The van der Waals surface area contributed by atoms with Crippen LogP contribution in [-0.2, 0) is 16.1 Å². The summed E-state index contributed by atoms with van der Waals surface area (Å²) >= 11 is 0. The first kappa shape index (κ1) is 15.1. The third kappa shape index (κ3) is 3.32. The van der Waals surface area contributed by atoms with Gasteiger partial charge in [0.1, 0.15) is 5.76 Å². The van der Waals surface area contributed by atoms with Crippen molar-refractivity contribution in [2.24, 2.45) is 5.92 Å². The second-order valence-corrected chi connectivity index (χ2v) is 6.19. The molecule has 6 heteroatoms. The molecule has 0 saturated carbocycles. The molecule has 1 atom stereocenters. The molecule has 0 aromatic carbocycles. The Balaban J connectivity index is 1.48. The maximum absolute atomic E-state index is 12.5. The zero-order valence-corrected chi connectivity index (χ0v) is 13.0. The zero-order chi connectivity index (χ0) is 15.5. The van der Waals surface area contributed by atoms with Crippen molar-refractivity contribution < 1.29 is 14.0 Å². The van der Waals surface area contributed by atoms with Crippen LogP contribution in [0.5, 0.6) is 0 Å². The van der Waals surface area contributed by atoms with E-state index in [1.165, 1.54) is 0 Å². The Morgan fingerprint density at radius 2 is 2.05 bits per heavy atom. The van der Waals surface area contributed by atoms with Crippen molar-refractivity contribution in [2.45, 2.75) is 19.4 Å². The molecule has 2 fully saturated rings. The van der Waals surface area contributed by atoms with E-state index in [-0.39, 0.29) is 17.7 Å². The predicted octanol–water partition coefficient (Wildman–Crippen LogP) is 0.792. The smallest absolute Gasteiger partial charge is 0.226 e. The monoisotopic (exact) mass is 305 g/mol. The first-order valence-corrected chi connectivity index (χ1v) is 7.91. The Bertz CT molecular complexity index is 521. The molecule has 120 valence electrons. The van der Waals surface area contributed by atoms with Crippen molar-refractivity contribution in [3.05, 3.63) is 24.2 Å². The van der Waals surface area contributed by atoms with Gasteiger partial charge in [-0.05, 0) is 18.6 Å². The Morgan fingerprint density at radius 3 is 2.68 bits per heavy atom. The van der Waals surface area contributed by atoms with Crippen molar-refractivity contribution in [2.75, 3.05) is 39.8 Å². The molecule has 0 N–H and O–H groups in total. The second kappa shape index (κ2) is 6.52. The van der Waals surface area contributed by atoms with Crippen LogP contribution < -0.4 is 0 Å². The van der Waals surface area contributed by atoms with Crippen LogP contribution in [0.1, 0.15) is 18.6 Å². The molecule has 3 heterocycles. The number of furan rings is 1. The normalized spacial score (nSPS) is 23.9. The molecule has 1 unspecified atom stereocenters. The van der Waals surface area contributed by atoms with Crippen LogP contribution in [0.4, 0.5) is 0 Å². The number of amides is 2. The Kier molecular flexibility index (Phi) is 4.47. The number of nitrogens with zero attached hydrogens (tertiary/aromatic N) is 3. The van der Waals surface area contributed by atoms with Crippen LogP contribution in [0.25, 0.3) is 0 Å². The maximum Gasteiger partial charge on any atom is 0.226 e. The fraction of sp³-hybridized carbons (Fsp3) is 0.625. The van der Waals surface area contributed by atoms with Crippen LogP contribution in [0, 0.1) is 5.92 Å². The van der Waals surface area contributed by atoms with E-state index in [1.807, 2.05) is 17.0 Å². The quantitative estimate of drug-likeness (QED) is 0.828. The largest absolute Gasteiger partial charge is 0.468 e. The summed E-state index contributed by atoms with van der Waals surface area (Å²) in [5.41, 5.74) is 0. The molecule has 0 aliphatic carbocycles. The molecule has 0 spiro atoms. The highest BCUT2D eigenvalue weighted by atomic mass is 16.3. The van der Waals surface area contributed by atoms with E-state index < -0.39 is 0 Å². The van der Waals surface area contributed by atoms with Crippen LogP contribution in [0.3, 0.4) is 0 Å². The third-order valence-corrected chi connectivity index (χ3v) is 4.65. The number of piperidine rings is 1. The van der Waals surface area contributed by atoms with E-state index in [2.05, 4.69) is 4.90 Å². The van der Waals surface area contributed by atoms with Crippen molar-refractivity contribution in [1.82, 2.24) is 14.7 Å². The Labute approximate surface area is 130 Å². The standard InChI is InChI=1S/C16H23N3O3/c1-17-5-4-13(11-15(17)20)16(21)19-8-6-18(7-9-19)12-14-3-2-10-22-14/h2-3,10,13H,4-9,11-12H2,1H3. The molecule has 0 radical (unpaired) electrons. The molecule has 6 nitrogen and oxygen atoms in total. The van der Waals surface area contributed by atoms with E-state index in [1.54, 1.807) is 18.2 Å². The molecule has 22 heavy (non-hydrogen) atoms. The van der Waals surface area contributed by atoms with E-state index in [4.69, 9.17) is 4.42 Å². The third-order valence-electron chi connectivity index (χ3n) is 4.65. The molecular formula is C16H23N3O3. The molecule has 0 bridgehead atoms. The number of piperazine rings is 1. The number of likely N-dealkylation sites (tertiary alicyclic amines) is 1. The molecule has 2 amide bonds. The minimum absolute atomic E-state index is 0.0843. The summed E-state index contributed by atoms with van der Waals surface area (Å²) in [4.78, 5) is 30.2. The van der Waals surface area contributed by atoms with Gasteiger partial charge in [0.05, 0.1) is 12.8 Å². The number of hydrogen-bond donors (Lipinski definition) is 0. The maximum atomic E-state index is 12.5. The minimum atomic E-state index is -0.125. The van der Waals surface area contributed by atoms with Crippen LogP contribution >= 0.6 is 0 Å². The van der Waals surface area contributed by atoms with Gasteiger partial charge in [0, 0.05) is 52.1 Å². The first-order valence-electron chi connectivity index (χ1n) is 7.91. The highest BCUT2D eigenvalue weighted by Crippen LogP contribution is 2.21. The lowest BCUT2D eigenvalue weighted by Crippen LogP contribution is -2.51. The molecule has 2 aliphatic heterocycles. The van der Waals surface area contributed by atoms with Gasteiger partial charge in [-0.25, -0.2) is 0 Å². The van der Waals surface area contributed by atoms with Crippen LogP contribution in [-0.4, -0.2) is 66.3 Å². The van der Waals surface area contributed by atoms with E-state index in [0.717, 1.165) is 44.9 Å². The average Bonchev–Trinajstić information content (AvgIpc) is 3.03. The molecule has 2 saturated heterocycles. The van der Waals surface area contributed by atoms with Gasteiger partial charge < -0.3 is 14.2 Å². The highest BCUT2D eigenvalue weighted by molar-refractivity contribution is 5.87. The summed E-state index contributed by atoms with van der Waals surface area (Å²) in [6, 6.07) is 3.87. The average molecular weight is 305 g/mol. The Hall–Kier alpha value is -1.82. The summed E-state index contributed by atoms with van der Waals surface area (Å²) < 4.78 is 5.36. The fourth-order valence-electron chi connectivity index (χ4n) is 3.16. The number of carbonyl (C=O) groups excluding carboxylic acids is 2. The molecule has 1 aromatic rings. The van der Waals surface area contributed by atoms with Gasteiger partial charge in [0.15, 0.2) is 0 Å². The zero-order valence-electron chi connectivity index (χ0n) is 13.0. The molecule has 2 aliphatic rings. The lowest BCUT2D eigenvalue weighted by molar-refractivity contribution is -0.145. The van der Waals surface area contributed by atoms with Gasteiger partial charge >= 0.3 is 0 Å². The fourth-order valence-corrected chi connectivity index (χ4v) is 3.16. The number of hydrogen-bond acceptors (Lipinski definition) is 4.